The Labute approximate surface area is 117 Å². The third-order valence-corrected chi connectivity index (χ3v) is 4.29. The summed E-state index contributed by atoms with van der Waals surface area (Å²) >= 11 is 0. The molecule has 102 valence electrons. The van der Waals surface area contributed by atoms with Gasteiger partial charge in [-0.05, 0) is 32.8 Å². The standard InChI is InChI=1S/C16H18N4/c1-9-14(10(2)19-18-9)12-5-4-6-13-15(12)17-16(20(13)3)11-7-8-11/h4-6,11H,7-8H2,1-3H3,(H,18,19). The maximum Gasteiger partial charge on any atom is 0.112 e. The maximum absolute atomic E-state index is 4.93. The van der Waals surface area contributed by atoms with Crippen LogP contribution in [0.15, 0.2) is 18.2 Å². The van der Waals surface area contributed by atoms with E-state index in [0.717, 1.165) is 16.9 Å². The van der Waals surface area contributed by atoms with Crippen molar-refractivity contribution in [3.05, 3.63) is 35.4 Å². The number of hydrogen-bond acceptors (Lipinski definition) is 2. The van der Waals surface area contributed by atoms with Gasteiger partial charge in [-0.3, -0.25) is 5.10 Å². The van der Waals surface area contributed by atoms with E-state index in [1.807, 2.05) is 6.92 Å². The Hall–Kier alpha value is -2.10. The number of hydrogen-bond donors (Lipinski definition) is 1. The van der Waals surface area contributed by atoms with Crippen LogP contribution in [0.3, 0.4) is 0 Å². The molecule has 1 aliphatic rings. The minimum absolute atomic E-state index is 0.659. The Morgan fingerprint density at radius 2 is 2.05 bits per heavy atom. The van der Waals surface area contributed by atoms with Gasteiger partial charge >= 0.3 is 0 Å². The smallest absolute Gasteiger partial charge is 0.112 e. The predicted molar refractivity (Wildman–Crippen MR) is 79.7 cm³/mol. The van der Waals surface area contributed by atoms with Gasteiger partial charge in [0.2, 0.25) is 0 Å². The van der Waals surface area contributed by atoms with Crippen LogP contribution >= 0.6 is 0 Å². The molecule has 1 aliphatic carbocycles. The fraction of sp³-hybridized carbons (Fsp3) is 0.375. The second-order valence-electron chi connectivity index (χ2n) is 5.79. The molecule has 3 aromatic rings. The minimum Gasteiger partial charge on any atom is -0.331 e. The summed E-state index contributed by atoms with van der Waals surface area (Å²) in [6.45, 7) is 4.11. The molecule has 20 heavy (non-hydrogen) atoms. The van der Waals surface area contributed by atoms with Crippen molar-refractivity contribution in [1.29, 1.82) is 0 Å². The van der Waals surface area contributed by atoms with E-state index in [1.165, 1.54) is 35.3 Å². The zero-order chi connectivity index (χ0) is 13.9. The number of imidazole rings is 1. The number of fused-ring (bicyclic) bond motifs is 1. The summed E-state index contributed by atoms with van der Waals surface area (Å²) in [5, 5.41) is 7.39. The van der Waals surface area contributed by atoms with Crippen molar-refractivity contribution in [3.63, 3.8) is 0 Å². The predicted octanol–water partition coefficient (Wildman–Crippen LogP) is 3.46. The van der Waals surface area contributed by atoms with Gasteiger partial charge < -0.3 is 4.57 Å². The minimum atomic E-state index is 0.659. The fourth-order valence-electron chi connectivity index (χ4n) is 3.09. The van der Waals surface area contributed by atoms with Crippen LogP contribution in [0.1, 0.15) is 36.0 Å². The molecule has 0 radical (unpaired) electrons. The summed E-state index contributed by atoms with van der Waals surface area (Å²) < 4.78 is 2.25. The lowest BCUT2D eigenvalue weighted by molar-refractivity contribution is 0.820. The summed E-state index contributed by atoms with van der Waals surface area (Å²) in [6, 6.07) is 6.42. The lowest BCUT2D eigenvalue weighted by atomic mass is 10.0. The molecule has 0 amide bonds. The van der Waals surface area contributed by atoms with Crippen LogP contribution in [0.5, 0.6) is 0 Å². The third-order valence-electron chi connectivity index (χ3n) is 4.29. The number of rotatable bonds is 2. The molecule has 0 unspecified atom stereocenters. The molecule has 4 heteroatoms. The van der Waals surface area contributed by atoms with E-state index in [2.05, 4.69) is 46.9 Å². The largest absolute Gasteiger partial charge is 0.331 e. The van der Waals surface area contributed by atoms with Crippen molar-refractivity contribution >= 4 is 11.0 Å². The first-order valence-corrected chi connectivity index (χ1v) is 7.14. The first kappa shape index (κ1) is 11.7. The van der Waals surface area contributed by atoms with Gasteiger partial charge in [0.05, 0.1) is 16.7 Å². The molecule has 0 atom stereocenters. The summed E-state index contributed by atoms with van der Waals surface area (Å²) in [5.74, 6) is 1.89. The van der Waals surface area contributed by atoms with Crippen LogP contribution in [0.4, 0.5) is 0 Å². The van der Waals surface area contributed by atoms with Gasteiger partial charge in [-0.25, -0.2) is 4.98 Å². The summed E-state index contributed by atoms with van der Waals surface area (Å²) in [7, 11) is 2.13. The number of nitrogens with zero attached hydrogens (tertiary/aromatic N) is 3. The van der Waals surface area contributed by atoms with E-state index < -0.39 is 0 Å². The summed E-state index contributed by atoms with van der Waals surface area (Å²) in [5.41, 5.74) is 6.83. The lowest BCUT2D eigenvalue weighted by Crippen LogP contribution is -1.94. The quantitative estimate of drug-likeness (QED) is 0.772. The van der Waals surface area contributed by atoms with Crippen LogP contribution in [0, 0.1) is 13.8 Å². The highest BCUT2D eigenvalue weighted by atomic mass is 15.1. The van der Waals surface area contributed by atoms with Crippen LogP contribution in [-0.4, -0.2) is 19.7 Å². The van der Waals surface area contributed by atoms with Crippen LogP contribution < -0.4 is 0 Å². The van der Waals surface area contributed by atoms with Crippen molar-refractivity contribution in [3.8, 4) is 11.1 Å². The first-order valence-electron chi connectivity index (χ1n) is 7.14. The van der Waals surface area contributed by atoms with Crippen molar-refractivity contribution in [2.24, 2.45) is 7.05 Å². The number of nitrogens with one attached hydrogen (secondary N) is 1. The highest BCUT2D eigenvalue weighted by Crippen LogP contribution is 2.41. The molecule has 0 spiro atoms. The van der Waals surface area contributed by atoms with Gasteiger partial charge in [0.15, 0.2) is 0 Å². The lowest BCUT2D eigenvalue weighted by Gasteiger charge is -2.03. The van der Waals surface area contributed by atoms with Crippen molar-refractivity contribution in [1.82, 2.24) is 19.7 Å². The van der Waals surface area contributed by atoms with Crippen molar-refractivity contribution < 1.29 is 0 Å². The highest BCUT2D eigenvalue weighted by molar-refractivity contribution is 5.93. The molecule has 4 rings (SSSR count). The number of benzene rings is 1. The van der Waals surface area contributed by atoms with Crippen molar-refractivity contribution in [2.45, 2.75) is 32.6 Å². The van der Waals surface area contributed by atoms with Gasteiger partial charge in [0.1, 0.15) is 5.82 Å². The molecule has 1 fully saturated rings. The molecule has 1 aromatic carbocycles. The van der Waals surface area contributed by atoms with E-state index in [9.17, 15) is 0 Å². The maximum atomic E-state index is 4.93. The highest BCUT2D eigenvalue weighted by Gasteiger charge is 2.29. The van der Waals surface area contributed by atoms with Crippen LogP contribution in [-0.2, 0) is 7.05 Å². The monoisotopic (exact) mass is 266 g/mol. The Balaban J connectivity index is 2.03. The molecular formula is C16H18N4. The summed E-state index contributed by atoms with van der Waals surface area (Å²) in [4.78, 5) is 4.93. The third kappa shape index (κ3) is 1.54. The molecule has 2 heterocycles. The number of aryl methyl sites for hydroxylation is 3. The Kier molecular flexibility index (Phi) is 2.31. The number of aromatic nitrogens is 4. The topological polar surface area (TPSA) is 46.5 Å². The molecule has 4 nitrogen and oxygen atoms in total. The Morgan fingerprint density at radius 1 is 1.25 bits per heavy atom. The molecule has 1 saturated carbocycles. The summed E-state index contributed by atoms with van der Waals surface area (Å²) in [6.07, 6.45) is 2.55. The normalized spacial score (nSPS) is 15.2. The average molecular weight is 266 g/mol. The molecule has 0 saturated heterocycles. The van der Waals surface area contributed by atoms with Gasteiger partial charge in [-0.1, -0.05) is 12.1 Å². The second kappa shape index (κ2) is 3.95. The van der Waals surface area contributed by atoms with E-state index in [1.54, 1.807) is 0 Å². The van der Waals surface area contributed by atoms with E-state index in [0.29, 0.717) is 5.92 Å². The zero-order valence-electron chi connectivity index (χ0n) is 12.1. The molecular weight excluding hydrogens is 248 g/mol. The number of H-pyrrole nitrogens is 1. The molecule has 0 bridgehead atoms. The molecule has 2 aromatic heterocycles. The first-order chi connectivity index (χ1) is 9.66. The van der Waals surface area contributed by atoms with E-state index in [4.69, 9.17) is 4.98 Å². The zero-order valence-corrected chi connectivity index (χ0v) is 12.1. The number of aromatic amines is 1. The average Bonchev–Trinajstić information content (AvgIpc) is 3.15. The van der Waals surface area contributed by atoms with Gasteiger partial charge in [-0.2, -0.15) is 5.10 Å². The van der Waals surface area contributed by atoms with Crippen molar-refractivity contribution in [2.75, 3.05) is 0 Å². The fourth-order valence-corrected chi connectivity index (χ4v) is 3.09. The van der Waals surface area contributed by atoms with Crippen LogP contribution in [0.2, 0.25) is 0 Å². The SMILES string of the molecule is Cc1n[nH]c(C)c1-c1cccc2c1nc(C1CC1)n2C. The van der Waals surface area contributed by atoms with E-state index >= 15 is 0 Å². The molecule has 1 N–H and O–H groups in total. The Morgan fingerprint density at radius 3 is 2.70 bits per heavy atom. The Bertz CT molecular complexity index is 786. The number of para-hydroxylation sites is 1. The van der Waals surface area contributed by atoms with Crippen LogP contribution in [0.25, 0.3) is 22.2 Å². The van der Waals surface area contributed by atoms with Gasteiger partial charge in [0, 0.05) is 29.8 Å². The van der Waals surface area contributed by atoms with Gasteiger partial charge in [0.25, 0.3) is 0 Å². The van der Waals surface area contributed by atoms with Gasteiger partial charge in [-0.15, -0.1) is 0 Å². The molecule has 0 aliphatic heterocycles. The van der Waals surface area contributed by atoms with E-state index in [-0.39, 0.29) is 0 Å². The second-order valence-corrected chi connectivity index (χ2v) is 5.79.